The van der Waals surface area contributed by atoms with Gasteiger partial charge in [-0.1, -0.05) is 23.7 Å². The number of carboxylic acids is 1. The molecule has 1 aliphatic heterocycles. The summed E-state index contributed by atoms with van der Waals surface area (Å²) in [5.41, 5.74) is 4.38. The van der Waals surface area contributed by atoms with Crippen LogP contribution in [0.15, 0.2) is 36.4 Å². The Bertz CT molecular complexity index is 1010. The number of carbonyl (C=O) groups is 1. The third-order valence-electron chi connectivity index (χ3n) is 4.87. The molecule has 1 N–H and O–H groups in total. The van der Waals surface area contributed by atoms with Gasteiger partial charge in [0.2, 0.25) is 0 Å². The van der Waals surface area contributed by atoms with Crippen molar-refractivity contribution in [3.63, 3.8) is 0 Å². The standard InChI is InChI=1S/C20H20ClN3O3/c1-13-11-14(5-6-15(13)21)19-17(12-23-7-9-27-10-8-23)24-16(20(25)26)3-2-4-18(24)22-19/h2-6,11H,7-10,12H2,1H3,(H,25,26). The van der Waals surface area contributed by atoms with E-state index in [9.17, 15) is 9.90 Å². The van der Waals surface area contributed by atoms with E-state index in [-0.39, 0.29) is 5.69 Å². The summed E-state index contributed by atoms with van der Waals surface area (Å²) in [6, 6.07) is 10.9. The molecule has 0 aliphatic carbocycles. The second-order valence-corrected chi connectivity index (χ2v) is 7.08. The maximum Gasteiger partial charge on any atom is 0.352 e. The van der Waals surface area contributed by atoms with Gasteiger partial charge in [0.05, 0.1) is 24.6 Å². The Morgan fingerprint density at radius 3 is 2.74 bits per heavy atom. The number of hydrogen-bond donors (Lipinski definition) is 1. The molecule has 0 atom stereocenters. The topological polar surface area (TPSA) is 67.1 Å². The van der Waals surface area contributed by atoms with Crippen LogP contribution in [0.2, 0.25) is 5.02 Å². The maximum atomic E-state index is 11.8. The molecule has 0 bridgehead atoms. The summed E-state index contributed by atoms with van der Waals surface area (Å²) < 4.78 is 7.19. The highest BCUT2D eigenvalue weighted by atomic mass is 35.5. The van der Waals surface area contributed by atoms with Gasteiger partial charge in [-0.3, -0.25) is 9.30 Å². The third-order valence-corrected chi connectivity index (χ3v) is 5.29. The lowest BCUT2D eigenvalue weighted by atomic mass is 10.1. The molecule has 1 saturated heterocycles. The summed E-state index contributed by atoms with van der Waals surface area (Å²) in [6.45, 7) is 5.52. The van der Waals surface area contributed by atoms with Crippen LogP contribution in [0, 0.1) is 6.92 Å². The minimum atomic E-state index is -0.972. The van der Waals surface area contributed by atoms with Gasteiger partial charge in [0, 0.05) is 30.2 Å². The Hall–Kier alpha value is -2.41. The first-order valence-electron chi connectivity index (χ1n) is 8.85. The zero-order valence-electron chi connectivity index (χ0n) is 15.0. The lowest BCUT2D eigenvalue weighted by molar-refractivity contribution is 0.0335. The van der Waals surface area contributed by atoms with Crippen molar-refractivity contribution in [2.45, 2.75) is 13.5 Å². The summed E-state index contributed by atoms with van der Waals surface area (Å²) in [6.07, 6.45) is 0. The highest BCUT2D eigenvalue weighted by Gasteiger charge is 2.22. The van der Waals surface area contributed by atoms with E-state index in [0.717, 1.165) is 35.6 Å². The van der Waals surface area contributed by atoms with E-state index in [2.05, 4.69) is 4.90 Å². The Morgan fingerprint density at radius 1 is 1.26 bits per heavy atom. The first kappa shape index (κ1) is 18.0. The number of carboxylic acid groups (broad SMARTS) is 1. The first-order chi connectivity index (χ1) is 13.0. The molecule has 4 rings (SSSR count). The third kappa shape index (κ3) is 3.43. The zero-order valence-corrected chi connectivity index (χ0v) is 15.7. The molecule has 0 saturated carbocycles. The van der Waals surface area contributed by atoms with E-state index in [4.69, 9.17) is 21.3 Å². The average molecular weight is 386 g/mol. The molecule has 140 valence electrons. The van der Waals surface area contributed by atoms with Crippen LogP contribution in [0.1, 0.15) is 21.7 Å². The number of benzene rings is 1. The first-order valence-corrected chi connectivity index (χ1v) is 9.22. The smallest absolute Gasteiger partial charge is 0.352 e. The number of aryl methyl sites for hydroxylation is 1. The van der Waals surface area contributed by atoms with Crippen molar-refractivity contribution < 1.29 is 14.6 Å². The van der Waals surface area contributed by atoms with Crippen molar-refractivity contribution in [2.75, 3.05) is 26.3 Å². The van der Waals surface area contributed by atoms with Gasteiger partial charge in [-0.2, -0.15) is 0 Å². The van der Waals surface area contributed by atoms with Crippen LogP contribution < -0.4 is 0 Å². The zero-order chi connectivity index (χ0) is 19.0. The highest BCUT2D eigenvalue weighted by Crippen LogP contribution is 2.30. The van der Waals surface area contributed by atoms with Gasteiger partial charge in [0.25, 0.3) is 0 Å². The van der Waals surface area contributed by atoms with Crippen LogP contribution in [0.3, 0.4) is 0 Å². The molecule has 6 nitrogen and oxygen atoms in total. The number of imidazole rings is 1. The molecule has 1 aliphatic rings. The molecule has 27 heavy (non-hydrogen) atoms. The van der Waals surface area contributed by atoms with Crippen molar-refractivity contribution in [2.24, 2.45) is 0 Å². The summed E-state index contributed by atoms with van der Waals surface area (Å²) in [7, 11) is 0. The number of pyridine rings is 1. The molecular weight excluding hydrogens is 366 g/mol. The van der Waals surface area contributed by atoms with E-state index >= 15 is 0 Å². The minimum absolute atomic E-state index is 0.209. The predicted molar refractivity (Wildman–Crippen MR) is 103 cm³/mol. The average Bonchev–Trinajstić information content (AvgIpc) is 3.03. The number of fused-ring (bicyclic) bond motifs is 1. The molecule has 3 aromatic rings. The Labute approximate surface area is 162 Å². The molecule has 1 fully saturated rings. The van der Waals surface area contributed by atoms with Crippen LogP contribution in [0.25, 0.3) is 16.9 Å². The van der Waals surface area contributed by atoms with Gasteiger partial charge in [-0.25, -0.2) is 9.78 Å². The molecule has 1 aromatic carbocycles. The lowest BCUT2D eigenvalue weighted by Crippen LogP contribution is -2.36. The second-order valence-electron chi connectivity index (χ2n) is 6.67. The predicted octanol–water partition coefficient (Wildman–Crippen LogP) is 3.49. The van der Waals surface area contributed by atoms with Crippen molar-refractivity contribution in [1.29, 1.82) is 0 Å². The van der Waals surface area contributed by atoms with Gasteiger partial charge < -0.3 is 9.84 Å². The fourth-order valence-corrected chi connectivity index (χ4v) is 3.58. The molecule has 0 spiro atoms. The monoisotopic (exact) mass is 385 g/mol. The molecule has 0 radical (unpaired) electrons. The van der Waals surface area contributed by atoms with Crippen molar-refractivity contribution >= 4 is 23.2 Å². The van der Waals surface area contributed by atoms with Crippen LogP contribution in [-0.2, 0) is 11.3 Å². The number of rotatable bonds is 4. The molecule has 2 aromatic heterocycles. The van der Waals surface area contributed by atoms with Crippen LogP contribution in [0.4, 0.5) is 0 Å². The normalized spacial score (nSPS) is 15.3. The number of aromatic nitrogens is 2. The fourth-order valence-electron chi connectivity index (χ4n) is 3.46. The minimum Gasteiger partial charge on any atom is -0.477 e. The molecule has 0 unspecified atom stereocenters. The number of aromatic carboxylic acids is 1. The van der Waals surface area contributed by atoms with E-state index in [1.54, 1.807) is 16.5 Å². The van der Waals surface area contributed by atoms with Crippen LogP contribution in [0.5, 0.6) is 0 Å². The summed E-state index contributed by atoms with van der Waals surface area (Å²) in [4.78, 5) is 18.8. The Balaban J connectivity index is 1.91. The molecular formula is C20H20ClN3O3. The lowest BCUT2D eigenvalue weighted by Gasteiger charge is -2.26. The number of hydrogen-bond acceptors (Lipinski definition) is 4. The molecule has 0 amide bonds. The quantitative estimate of drug-likeness (QED) is 0.744. The number of nitrogens with zero attached hydrogens (tertiary/aromatic N) is 3. The van der Waals surface area contributed by atoms with Gasteiger partial charge in [-0.05, 0) is 36.8 Å². The second kappa shape index (κ2) is 7.31. The summed E-state index contributed by atoms with van der Waals surface area (Å²) >= 11 is 6.18. The van der Waals surface area contributed by atoms with E-state index in [1.807, 2.05) is 31.2 Å². The number of ether oxygens (including phenoxy) is 1. The van der Waals surface area contributed by atoms with Gasteiger partial charge in [-0.15, -0.1) is 0 Å². The van der Waals surface area contributed by atoms with Crippen molar-refractivity contribution in [1.82, 2.24) is 14.3 Å². The summed E-state index contributed by atoms with van der Waals surface area (Å²) in [5.74, 6) is -0.972. The van der Waals surface area contributed by atoms with Crippen molar-refractivity contribution in [3.8, 4) is 11.3 Å². The number of halogens is 1. The Morgan fingerprint density at radius 2 is 2.04 bits per heavy atom. The number of morpholine rings is 1. The highest BCUT2D eigenvalue weighted by molar-refractivity contribution is 6.31. The largest absolute Gasteiger partial charge is 0.477 e. The summed E-state index contributed by atoms with van der Waals surface area (Å²) in [5, 5.41) is 10.4. The van der Waals surface area contributed by atoms with Gasteiger partial charge >= 0.3 is 5.97 Å². The van der Waals surface area contributed by atoms with Crippen LogP contribution >= 0.6 is 11.6 Å². The van der Waals surface area contributed by atoms with Crippen LogP contribution in [-0.4, -0.2) is 51.7 Å². The maximum absolute atomic E-state index is 11.8. The van der Waals surface area contributed by atoms with E-state index in [0.29, 0.717) is 30.4 Å². The van der Waals surface area contributed by atoms with Crippen molar-refractivity contribution in [3.05, 3.63) is 58.4 Å². The Kier molecular flexibility index (Phi) is 4.86. The molecule has 7 heteroatoms. The van der Waals surface area contributed by atoms with E-state index in [1.165, 1.54) is 0 Å². The SMILES string of the molecule is Cc1cc(-c2nc3cccc(C(=O)O)n3c2CN2CCOCC2)ccc1Cl. The van der Waals surface area contributed by atoms with Gasteiger partial charge in [0.15, 0.2) is 0 Å². The van der Waals surface area contributed by atoms with E-state index < -0.39 is 5.97 Å². The van der Waals surface area contributed by atoms with Gasteiger partial charge in [0.1, 0.15) is 11.3 Å². The fraction of sp³-hybridized carbons (Fsp3) is 0.300. The molecule has 3 heterocycles.